The van der Waals surface area contributed by atoms with Crippen molar-refractivity contribution in [1.82, 2.24) is 4.98 Å². The van der Waals surface area contributed by atoms with Crippen molar-refractivity contribution in [3.63, 3.8) is 0 Å². The summed E-state index contributed by atoms with van der Waals surface area (Å²) in [6.45, 7) is 4.29. The van der Waals surface area contributed by atoms with Crippen molar-refractivity contribution < 1.29 is 22.5 Å². The van der Waals surface area contributed by atoms with E-state index in [4.69, 9.17) is 9.52 Å². The molecule has 0 saturated carbocycles. The minimum Gasteiger partial charge on any atom is -0.491 e. The van der Waals surface area contributed by atoms with E-state index in [2.05, 4.69) is 10.3 Å². The summed E-state index contributed by atoms with van der Waals surface area (Å²) in [4.78, 5) is 18.9. The van der Waals surface area contributed by atoms with E-state index in [9.17, 15) is 17.8 Å². The van der Waals surface area contributed by atoms with Gasteiger partial charge in [0.25, 0.3) is 0 Å². The van der Waals surface area contributed by atoms with Crippen LogP contribution in [0.3, 0.4) is 0 Å². The first kappa shape index (κ1) is 21.9. The molecule has 1 aromatic heterocycles. The van der Waals surface area contributed by atoms with Crippen LogP contribution in [-0.2, 0) is 14.5 Å². The van der Waals surface area contributed by atoms with Gasteiger partial charge in [-0.3, -0.25) is 4.79 Å². The number of amides is 1. The predicted molar refractivity (Wildman–Crippen MR) is 110 cm³/mol. The summed E-state index contributed by atoms with van der Waals surface area (Å²) in [5.74, 6) is -2.76. The largest absolute Gasteiger partial charge is 0.491 e. The number of hydrogen-bond donors (Lipinski definition) is 2. The zero-order chi connectivity index (χ0) is 22.3. The van der Waals surface area contributed by atoms with Crippen molar-refractivity contribution >= 4 is 27.0 Å². The molecule has 1 saturated heterocycles. The molecule has 1 fully saturated rings. The van der Waals surface area contributed by atoms with E-state index >= 15 is 0 Å². The standard InChI is InChI=1S/C20H24F2N4O3S/c1-20(2)8-10-26(14-6-5-13(21)16(22)17(14)29-3)18(20)19(27)25-12-7-9-24-15(11-12)30(4,23)28/h5-7,9,11,18,23H,8,10H2,1-4H3,(H,24,25,27)/t18-,30-/m1/s1. The molecule has 0 unspecified atom stereocenters. The van der Waals surface area contributed by atoms with Gasteiger partial charge in [-0.1, -0.05) is 13.8 Å². The van der Waals surface area contributed by atoms with E-state index in [-0.39, 0.29) is 16.7 Å². The van der Waals surface area contributed by atoms with Crippen molar-refractivity contribution in [3.05, 3.63) is 42.1 Å². The van der Waals surface area contributed by atoms with Crippen LogP contribution in [0, 0.1) is 21.8 Å². The van der Waals surface area contributed by atoms with E-state index in [1.54, 1.807) is 4.90 Å². The summed E-state index contributed by atoms with van der Waals surface area (Å²) in [5.41, 5.74) is 0.177. The monoisotopic (exact) mass is 438 g/mol. The summed E-state index contributed by atoms with van der Waals surface area (Å²) >= 11 is 0. The molecule has 0 aliphatic carbocycles. The summed E-state index contributed by atoms with van der Waals surface area (Å²) < 4.78 is 52.6. The van der Waals surface area contributed by atoms with Gasteiger partial charge in [-0.15, -0.1) is 0 Å². The molecule has 0 spiro atoms. The number of anilines is 2. The van der Waals surface area contributed by atoms with Gasteiger partial charge in [0, 0.05) is 24.7 Å². The van der Waals surface area contributed by atoms with Crippen molar-refractivity contribution in [2.75, 3.05) is 30.1 Å². The fourth-order valence-corrected chi connectivity index (χ4v) is 4.32. The number of methoxy groups -OCH3 is 1. The molecule has 0 radical (unpaired) electrons. The van der Waals surface area contributed by atoms with Gasteiger partial charge in [0.05, 0.1) is 22.5 Å². The Hall–Kier alpha value is -2.75. The van der Waals surface area contributed by atoms with Crippen LogP contribution in [0.1, 0.15) is 20.3 Å². The predicted octanol–water partition coefficient (Wildman–Crippen LogP) is 3.65. The van der Waals surface area contributed by atoms with Gasteiger partial charge in [0.2, 0.25) is 11.7 Å². The van der Waals surface area contributed by atoms with Crippen molar-refractivity contribution in [3.8, 4) is 5.75 Å². The highest BCUT2D eigenvalue weighted by Crippen LogP contribution is 2.43. The van der Waals surface area contributed by atoms with Crippen LogP contribution in [0.2, 0.25) is 0 Å². The molecule has 2 aromatic rings. The van der Waals surface area contributed by atoms with Crippen LogP contribution in [0.15, 0.2) is 35.5 Å². The average molecular weight is 439 g/mol. The van der Waals surface area contributed by atoms with Crippen LogP contribution in [0.4, 0.5) is 20.2 Å². The molecule has 10 heteroatoms. The van der Waals surface area contributed by atoms with E-state index < -0.39 is 32.8 Å². The Labute approximate surface area is 174 Å². The number of halogens is 2. The topological polar surface area (TPSA) is 95.4 Å². The first-order chi connectivity index (χ1) is 14.0. The number of pyridine rings is 1. The molecule has 162 valence electrons. The zero-order valence-electron chi connectivity index (χ0n) is 17.2. The summed E-state index contributed by atoms with van der Waals surface area (Å²) in [5, 5.41) is 2.84. The van der Waals surface area contributed by atoms with E-state index in [0.29, 0.717) is 24.3 Å². The quantitative estimate of drug-likeness (QED) is 0.743. The molecule has 2 heterocycles. The molecule has 0 bridgehead atoms. The summed E-state index contributed by atoms with van der Waals surface area (Å²) in [7, 11) is -1.79. The summed E-state index contributed by atoms with van der Waals surface area (Å²) in [6.07, 6.45) is 3.26. The normalized spacial score (nSPS) is 19.9. The number of carbonyl (C=O) groups is 1. The Bertz CT molecular complexity index is 1090. The first-order valence-corrected chi connectivity index (χ1v) is 11.2. The van der Waals surface area contributed by atoms with Gasteiger partial charge in [-0.25, -0.2) is 18.4 Å². The third-order valence-corrected chi connectivity index (χ3v) is 6.26. The maximum atomic E-state index is 14.3. The van der Waals surface area contributed by atoms with Crippen LogP contribution in [-0.4, -0.2) is 41.1 Å². The molecule has 30 heavy (non-hydrogen) atoms. The SMILES string of the molecule is COc1c(N2CCC(C)(C)[C@H]2C(=O)Nc2ccnc([S@](C)(=N)=O)c2)ccc(F)c1F. The second-order valence-electron chi connectivity index (χ2n) is 7.96. The van der Waals surface area contributed by atoms with Crippen LogP contribution >= 0.6 is 0 Å². The van der Waals surface area contributed by atoms with Gasteiger partial charge in [0.15, 0.2) is 11.6 Å². The Morgan fingerprint density at radius 1 is 1.37 bits per heavy atom. The third kappa shape index (κ3) is 4.09. The highest BCUT2D eigenvalue weighted by molar-refractivity contribution is 7.91. The molecule has 2 N–H and O–H groups in total. The minimum atomic E-state index is -3.04. The van der Waals surface area contributed by atoms with E-state index in [0.717, 1.165) is 6.07 Å². The lowest BCUT2D eigenvalue weighted by Crippen LogP contribution is -2.46. The second-order valence-corrected chi connectivity index (χ2v) is 10.1. The van der Waals surface area contributed by atoms with Gasteiger partial charge in [-0.05, 0) is 36.1 Å². The van der Waals surface area contributed by atoms with Crippen LogP contribution in [0.25, 0.3) is 0 Å². The van der Waals surface area contributed by atoms with Crippen molar-refractivity contribution in [2.45, 2.75) is 31.3 Å². The molecule has 3 rings (SSSR count). The molecule has 1 aromatic carbocycles. The van der Waals surface area contributed by atoms with Gasteiger partial charge >= 0.3 is 0 Å². The highest BCUT2D eigenvalue weighted by Gasteiger charge is 2.46. The molecule has 2 atom stereocenters. The van der Waals surface area contributed by atoms with Crippen molar-refractivity contribution in [1.29, 1.82) is 4.78 Å². The number of carbonyl (C=O) groups excluding carboxylic acids is 1. The summed E-state index contributed by atoms with van der Waals surface area (Å²) in [6, 6.07) is 4.65. The number of hydrogen-bond acceptors (Lipinski definition) is 6. The number of benzene rings is 1. The minimum absolute atomic E-state index is 0.0603. The fraction of sp³-hybridized carbons (Fsp3) is 0.400. The third-order valence-electron chi connectivity index (χ3n) is 5.24. The van der Waals surface area contributed by atoms with Gasteiger partial charge in [-0.2, -0.15) is 4.39 Å². The zero-order valence-corrected chi connectivity index (χ0v) is 18.0. The Kier molecular flexibility index (Phi) is 5.72. The van der Waals surface area contributed by atoms with E-state index in [1.165, 1.54) is 37.8 Å². The molecule has 1 amide bonds. The molecule has 1 aliphatic heterocycles. The van der Waals surface area contributed by atoms with Crippen molar-refractivity contribution in [2.24, 2.45) is 5.41 Å². The van der Waals surface area contributed by atoms with Crippen LogP contribution < -0.4 is 15.0 Å². The second kappa shape index (κ2) is 7.82. The van der Waals surface area contributed by atoms with Gasteiger partial charge < -0.3 is 15.0 Å². The van der Waals surface area contributed by atoms with E-state index in [1.807, 2.05) is 13.8 Å². The first-order valence-electron chi connectivity index (χ1n) is 9.25. The number of ether oxygens (including phenoxy) is 1. The number of nitrogens with zero attached hydrogens (tertiary/aromatic N) is 2. The number of aromatic nitrogens is 1. The maximum Gasteiger partial charge on any atom is 0.247 e. The lowest BCUT2D eigenvalue weighted by molar-refractivity contribution is -0.119. The van der Waals surface area contributed by atoms with Gasteiger partial charge in [0.1, 0.15) is 11.1 Å². The Balaban J connectivity index is 1.97. The Morgan fingerprint density at radius 3 is 2.70 bits per heavy atom. The molecule has 7 nitrogen and oxygen atoms in total. The lowest BCUT2D eigenvalue weighted by atomic mass is 9.84. The highest BCUT2D eigenvalue weighted by atomic mass is 32.2. The number of nitrogens with one attached hydrogen (secondary N) is 2. The van der Waals surface area contributed by atoms with Crippen LogP contribution in [0.5, 0.6) is 5.75 Å². The average Bonchev–Trinajstić information content (AvgIpc) is 2.98. The smallest absolute Gasteiger partial charge is 0.247 e. The number of rotatable bonds is 5. The Morgan fingerprint density at radius 2 is 2.07 bits per heavy atom. The molecular formula is C20H24F2N4O3S. The maximum absolute atomic E-state index is 14.3. The molecule has 1 aliphatic rings. The molecular weight excluding hydrogens is 414 g/mol. The lowest BCUT2D eigenvalue weighted by Gasteiger charge is -2.33. The fourth-order valence-electron chi connectivity index (χ4n) is 3.71.